The second-order valence-electron chi connectivity index (χ2n) is 4.28. The lowest BCUT2D eigenvalue weighted by Crippen LogP contribution is -2.32. The van der Waals surface area contributed by atoms with Crippen LogP contribution in [0.3, 0.4) is 0 Å². The van der Waals surface area contributed by atoms with Crippen LogP contribution in [0.2, 0.25) is 0 Å². The predicted molar refractivity (Wildman–Crippen MR) is 80.8 cm³/mol. The first kappa shape index (κ1) is 14.6. The van der Waals surface area contributed by atoms with E-state index in [0.29, 0.717) is 30.6 Å². The van der Waals surface area contributed by atoms with Crippen molar-refractivity contribution in [2.24, 2.45) is 0 Å². The van der Waals surface area contributed by atoms with Crippen LogP contribution in [-0.4, -0.2) is 40.7 Å². The van der Waals surface area contributed by atoms with E-state index in [0.717, 1.165) is 12.0 Å². The molecule has 6 heteroatoms. The van der Waals surface area contributed by atoms with Crippen LogP contribution in [0.4, 0.5) is 0 Å². The van der Waals surface area contributed by atoms with Gasteiger partial charge in [-0.15, -0.1) is 0 Å². The van der Waals surface area contributed by atoms with E-state index in [4.69, 9.17) is 17.0 Å². The summed E-state index contributed by atoms with van der Waals surface area (Å²) in [6.45, 7) is 3.83. The fourth-order valence-corrected chi connectivity index (χ4v) is 2.15. The number of amides is 1. The largest absolute Gasteiger partial charge is 0.382 e. The SMILES string of the molecule is CCOCCCN1C(=O)/C(=C\c2ccncc2)NC1=S. The number of aromatic nitrogens is 1. The van der Waals surface area contributed by atoms with E-state index in [-0.39, 0.29) is 5.91 Å². The van der Waals surface area contributed by atoms with Gasteiger partial charge in [0.15, 0.2) is 5.11 Å². The maximum atomic E-state index is 12.2. The molecule has 106 valence electrons. The zero-order valence-electron chi connectivity index (χ0n) is 11.3. The van der Waals surface area contributed by atoms with Crippen molar-refractivity contribution in [3.05, 3.63) is 35.8 Å². The third-order valence-electron chi connectivity index (χ3n) is 2.85. The highest BCUT2D eigenvalue weighted by Gasteiger charge is 2.29. The fraction of sp³-hybridized carbons (Fsp3) is 0.357. The van der Waals surface area contributed by atoms with Gasteiger partial charge in [0.05, 0.1) is 0 Å². The van der Waals surface area contributed by atoms with Crippen molar-refractivity contribution < 1.29 is 9.53 Å². The quantitative estimate of drug-likeness (QED) is 0.490. The molecule has 1 saturated heterocycles. The van der Waals surface area contributed by atoms with Gasteiger partial charge >= 0.3 is 0 Å². The van der Waals surface area contributed by atoms with Crippen molar-refractivity contribution >= 4 is 29.3 Å². The molecule has 0 atom stereocenters. The smallest absolute Gasteiger partial charge is 0.276 e. The average molecular weight is 291 g/mol. The first-order chi connectivity index (χ1) is 9.72. The summed E-state index contributed by atoms with van der Waals surface area (Å²) in [6.07, 6.45) is 5.91. The number of ether oxygens (including phenoxy) is 1. The third-order valence-corrected chi connectivity index (χ3v) is 3.18. The van der Waals surface area contributed by atoms with Crippen LogP contribution in [-0.2, 0) is 9.53 Å². The Bertz CT molecular complexity index is 516. The standard InChI is InChI=1S/C14H17N3O2S/c1-2-19-9-3-8-17-13(18)12(16-14(17)20)10-11-4-6-15-7-5-11/h4-7,10H,2-3,8-9H2,1H3,(H,16,20)/b12-10+. The van der Waals surface area contributed by atoms with E-state index in [9.17, 15) is 4.79 Å². The highest BCUT2D eigenvalue weighted by Crippen LogP contribution is 2.14. The van der Waals surface area contributed by atoms with Gasteiger partial charge in [-0.1, -0.05) is 0 Å². The van der Waals surface area contributed by atoms with Crippen molar-refractivity contribution in [2.45, 2.75) is 13.3 Å². The molecule has 20 heavy (non-hydrogen) atoms. The number of hydrogen-bond donors (Lipinski definition) is 1. The van der Waals surface area contributed by atoms with E-state index >= 15 is 0 Å². The molecule has 1 aromatic rings. The molecule has 0 spiro atoms. The van der Waals surface area contributed by atoms with E-state index in [1.807, 2.05) is 19.1 Å². The zero-order chi connectivity index (χ0) is 14.4. The van der Waals surface area contributed by atoms with Crippen molar-refractivity contribution in [1.29, 1.82) is 0 Å². The normalized spacial score (nSPS) is 16.9. The molecule has 0 aromatic carbocycles. The van der Waals surface area contributed by atoms with Gasteiger partial charge in [-0.3, -0.25) is 14.7 Å². The molecule has 5 nitrogen and oxygen atoms in total. The summed E-state index contributed by atoms with van der Waals surface area (Å²) in [5.41, 5.74) is 1.41. The molecule has 1 aliphatic heterocycles. The number of nitrogens with one attached hydrogen (secondary N) is 1. The molecular weight excluding hydrogens is 274 g/mol. The molecule has 2 rings (SSSR count). The minimum absolute atomic E-state index is 0.0942. The summed E-state index contributed by atoms with van der Waals surface area (Å²) in [7, 11) is 0. The highest BCUT2D eigenvalue weighted by molar-refractivity contribution is 7.80. The maximum Gasteiger partial charge on any atom is 0.276 e. The molecular formula is C14H17N3O2S. The molecule has 0 unspecified atom stereocenters. The Morgan fingerprint density at radius 1 is 1.45 bits per heavy atom. The number of pyridine rings is 1. The number of rotatable bonds is 6. The Hall–Kier alpha value is -1.79. The fourth-order valence-electron chi connectivity index (χ4n) is 1.87. The van der Waals surface area contributed by atoms with Crippen LogP contribution in [0.1, 0.15) is 18.9 Å². The van der Waals surface area contributed by atoms with Crippen molar-refractivity contribution in [1.82, 2.24) is 15.2 Å². The Morgan fingerprint density at radius 2 is 2.20 bits per heavy atom. The molecule has 1 aromatic heterocycles. The van der Waals surface area contributed by atoms with Crippen LogP contribution in [0.5, 0.6) is 0 Å². The van der Waals surface area contributed by atoms with E-state index in [1.54, 1.807) is 23.4 Å². The maximum absolute atomic E-state index is 12.2. The lowest BCUT2D eigenvalue weighted by Gasteiger charge is -2.13. The van der Waals surface area contributed by atoms with Gasteiger partial charge in [0.2, 0.25) is 0 Å². The Kier molecular flexibility index (Phi) is 5.20. The van der Waals surface area contributed by atoms with Gasteiger partial charge in [0, 0.05) is 32.2 Å². The molecule has 1 amide bonds. The minimum Gasteiger partial charge on any atom is -0.382 e. The Balaban J connectivity index is 2.00. The molecule has 2 heterocycles. The third kappa shape index (κ3) is 3.61. The number of thiocarbonyl (C=S) groups is 1. The van der Waals surface area contributed by atoms with Gasteiger partial charge in [0.25, 0.3) is 5.91 Å². The van der Waals surface area contributed by atoms with Gasteiger partial charge in [-0.2, -0.15) is 0 Å². The van der Waals surface area contributed by atoms with Crippen LogP contribution in [0, 0.1) is 0 Å². The summed E-state index contributed by atoms with van der Waals surface area (Å²) >= 11 is 5.19. The second kappa shape index (κ2) is 7.12. The zero-order valence-corrected chi connectivity index (χ0v) is 12.2. The number of nitrogens with zero attached hydrogens (tertiary/aromatic N) is 2. The van der Waals surface area contributed by atoms with Crippen molar-refractivity contribution in [3.63, 3.8) is 0 Å². The van der Waals surface area contributed by atoms with E-state index < -0.39 is 0 Å². The summed E-state index contributed by atoms with van der Waals surface area (Å²) < 4.78 is 5.26. The summed E-state index contributed by atoms with van der Waals surface area (Å²) in [6, 6.07) is 3.67. The molecule has 0 aliphatic carbocycles. The minimum atomic E-state index is -0.0942. The van der Waals surface area contributed by atoms with Gasteiger partial charge in [-0.05, 0) is 49.3 Å². The second-order valence-corrected chi connectivity index (χ2v) is 4.66. The summed E-state index contributed by atoms with van der Waals surface area (Å²) in [4.78, 5) is 17.7. The summed E-state index contributed by atoms with van der Waals surface area (Å²) in [5.74, 6) is -0.0942. The topological polar surface area (TPSA) is 54.5 Å². The monoisotopic (exact) mass is 291 g/mol. The summed E-state index contributed by atoms with van der Waals surface area (Å²) in [5, 5.41) is 3.40. The molecule has 0 saturated carbocycles. The number of carbonyl (C=O) groups is 1. The van der Waals surface area contributed by atoms with Crippen molar-refractivity contribution in [2.75, 3.05) is 19.8 Å². The first-order valence-electron chi connectivity index (χ1n) is 6.54. The molecule has 0 radical (unpaired) electrons. The molecule has 1 aliphatic rings. The number of hydrogen-bond acceptors (Lipinski definition) is 4. The van der Waals surface area contributed by atoms with E-state index in [2.05, 4.69) is 10.3 Å². The highest BCUT2D eigenvalue weighted by atomic mass is 32.1. The lowest BCUT2D eigenvalue weighted by atomic mass is 10.2. The van der Waals surface area contributed by atoms with Crippen LogP contribution in [0.15, 0.2) is 30.2 Å². The average Bonchev–Trinajstić information content (AvgIpc) is 2.72. The Morgan fingerprint density at radius 3 is 2.90 bits per heavy atom. The molecule has 1 fully saturated rings. The van der Waals surface area contributed by atoms with Crippen LogP contribution in [0.25, 0.3) is 6.08 Å². The van der Waals surface area contributed by atoms with Crippen LogP contribution < -0.4 is 5.32 Å². The lowest BCUT2D eigenvalue weighted by molar-refractivity contribution is -0.122. The molecule has 1 N–H and O–H groups in total. The number of carbonyl (C=O) groups excluding carboxylic acids is 1. The molecule has 0 bridgehead atoms. The Labute approximate surface area is 123 Å². The van der Waals surface area contributed by atoms with Gasteiger partial charge < -0.3 is 10.1 Å². The predicted octanol–water partition coefficient (Wildman–Crippen LogP) is 1.57. The van der Waals surface area contributed by atoms with Crippen LogP contribution >= 0.6 is 12.2 Å². The van der Waals surface area contributed by atoms with Crippen molar-refractivity contribution in [3.8, 4) is 0 Å². The van der Waals surface area contributed by atoms with E-state index in [1.165, 1.54) is 0 Å². The van der Waals surface area contributed by atoms with Gasteiger partial charge in [-0.25, -0.2) is 0 Å². The van der Waals surface area contributed by atoms with Gasteiger partial charge in [0.1, 0.15) is 5.70 Å². The first-order valence-corrected chi connectivity index (χ1v) is 6.95.